The van der Waals surface area contributed by atoms with Crippen LogP contribution in [0.5, 0.6) is 0 Å². The molecule has 5 heteroatoms. The molecule has 0 saturated carbocycles. The predicted octanol–water partition coefficient (Wildman–Crippen LogP) is 3.74. The molecule has 1 N–H and O–H groups in total. The Balaban J connectivity index is 0. The number of benzene rings is 1. The number of carbonyl (C=O) groups is 1. The van der Waals surface area contributed by atoms with Crippen LogP contribution in [0, 0.1) is 13.3 Å². The van der Waals surface area contributed by atoms with E-state index in [1.165, 1.54) is 12.0 Å². The van der Waals surface area contributed by atoms with Crippen LogP contribution in [0.2, 0.25) is 0 Å². The van der Waals surface area contributed by atoms with E-state index < -0.39 is 5.60 Å². The van der Waals surface area contributed by atoms with Gasteiger partial charge in [0.25, 0.3) is 5.97 Å². The van der Waals surface area contributed by atoms with Crippen molar-refractivity contribution in [2.24, 2.45) is 0 Å². The van der Waals surface area contributed by atoms with Crippen LogP contribution in [-0.4, -0.2) is 23.3 Å². The summed E-state index contributed by atoms with van der Waals surface area (Å²) in [7, 11) is 0. The van der Waals surface area contributed by atoms with Crippen LogP contribution in [0.4, 0.5) is 0 Å². The Kier molecular flexibility index (Phi) is 13.6. The van der Waals surface area contributed by atoms with Crippen LogP contribution in [0.15, 0.2) is 28.7 Å². The molecule has 0 unspecified atom stereocenters. The molecule has 0 spiro atoms. The zero-order valence-electron chi connectivity index (χ0n) is 12.8. The van der Waals surface area contributed by atoms with E-state index in [1.54, 1.807) is 0 Å². The molecule has 0 fully saturated rings. The van der Waals surface area contributed by atoms with Gasteiger partial charge >= 0.3 is 21.1 Å². The number of hydrogen-bond donors (Lipinski definition) is 1. The molecule has 21 heavy (non-hydrogen) atoms. The fourth-order valence-corrected chi connectivity index (χ4v) is 1.48. The first kappa shape index (κ1) is 23.1. The zero-order valence-corrected chi connectivity index (χ0v) is 17.3. The fraction of sp³-hybridized carbons (Fsp3) is 0.438. The second kappa shape index (κ2) is 12.4. The van der Waals surface area contributed by atoms with Gasteiger partial charge in [-0.25, -0.2) is 0 Å². The summed E-state index contributed by atoms with van der Waals surface area (Å²) in [5, 5.41) is 8.35. The van der Waals surface area contributed by atoms with Crippen LogP contribution >= 0.6 is 15.9 Å². The van der Waals surface area contributed by atoms with E-state index in [0.717, 1.165) is 10.9 Å². The van der Waals surface area contributed by atoms with Crippen LogP contribution < -0.4 is 0 Å². The minimum atomic E-state index is -0.430. The molecule has 0 aliphatic carbocycles. The molecule has 0 saturated heterocycles. The molecule has 3 nitrogen and oxygen atoms in total. The second-order valence-corrected chi connectivity index (χ2v) is 6.05. The Bertz CT molecular complexity index is 386. The van der Waals surface area contributed by atoms with Gasteiger partial charge in [-0.05, 0) is 32.9 Å². The van der Waals surface area contributed by atoms with Gasteiger partial charge in [0.1, 0.15) is 5.60 Å². The van der Waals surface area contributed by atoms with E-state index in [4.69, 9.17) is 9.84 Å². The van der Waals surface area contributed by atoms with Gasteiger partial charge in [-0.3, -0.25) is 11.2 Å². The fourth-order valence-electron chi connectivity index (χ4n) is 1.22. The number of hydrogen-bond acceptors (Lipinski definition) is 3. The molecule has 0 radical (unpaired) electrons. The predicted molar refractivity (Wildman–Crippen MR) is 85.1 cm³/mol. The van der Waals surface area contributed by atoms with Gasteiger partial charge in [-0.1, -0.05) is 46.7 Å². The second-order valence-electron chi connectivity index (χ2n) is 5.14. The number of esters is 1. The van der Waals surface area contributed by atoms with E-state index in [2.05, 4.69) is 35.0 Å². The molecule has 118 valence electrons. The van der Waals surface area contributed by atoms with Crippen molar-refractivity contribution in [3.63, 3.8) is 0 Å². The zero-order chi connectivity index (χ0) is 15.6. The van der Waals surface area contributed by atoms with E-state index in [0.29, 0.717) is 0 Å². The van der Waals surface area contributed by atoms with Crippen molar-refractivity contribution in [2.75, 3.05) is 6.61 Å². The van der Waals surface area contributed by atoms with Gasteiger partial charge in [0.2, 0.25) is 0 Å². The third kappa shape index (κ3) is 14.5. The minimum absolute atomic E-state index is 0. The summed E-state index contributed by atoms with van der Waals surface area (Å²) in [6, 6.07) is 8.19. The minimum Gasteiger partial charge on any atom is -0.462 e. The third-order valence-corrected chi connectivity index (χ3v) is 2.59. The largest absolute Gasteiger partial charge is 2.00 e. The average molecular weight is 527 g/mol. The maximum atomic E-state index is 10.9. The summed E-state index contributed by atoms with van der Waals surface area (Å²) in [4.78, 5) is 10.9. The molecular weight excluding hydrogens is 504 g/mol. The molecule has 0 bridgehead atoms. The Morgan fingerprint density at radius 2 is 1.86 bits per heavy atom. The van der Waals surface area contributed by atoms with Crippen molar-refractivity contribution < 1.29 is 35.7 Å². The first-order valence-electron chi connectivity index (χ1n) is 6.46. The molecule has 1 aromatic rings. The van der Waals surface area contributed by atoms with Gasteiger partial charge in [0.05, 0.1) is 0 Å². The standard InChI is InChI=1S/C8H8Br.C8H15O3.W/c1-2-7-3-5-8(9)6-4-7;1-8(2,3)11-7(10)5-4-6-9;/h3-6H,1-2H2;4,9H,5-6H2,1-3H3;/q2*-1;+2. The normalized spacial score (nSPS) is 10.0. The molecule has 0 aromatic heterocycles. The first-order valence-corrected chi connectivity index (χ1v) is 7.26. The van der Waals surface area contributed by atoms with Crippen molar-refractivity contribution in [1.82, 2.24) is 0 Å². The van der Waals surface area contributed by atoms with Gasteiger partial charge < -0.3 is 16.8 Å². The molecule has 0 amide bonds. The van der Waals surface area contributed by atoms with E-state index >= 15 is 0 Å². The Labute approximate surface area is 150 Å². The van der Waals surface area contributed by atoms with Crippen molar-refractivity contribution in [3.8, 4) is 0 Å². The SMILES string of the molecule is CC(C)(C)OC(=O)C[CH-]CO.[CH2-]Cc1ccc(Br)cc1.[W+2]. The molecular formula is C16H23BrO3W. The molecule has 0 aliphatic heterocycles. The monoisotopic (exact) mass is 526 g/mol. The number of aliphatic hydroxyl groups is 1. The van der Waals surface area contributed by atoms with Crippen molar-refractivity contribution >= 4 is 21.9 Å². The van der Waals surface area contributed by atoms with Crippen LogP contribution in [-0.2, 0) is 37.0 Å². The first-order chi connectivity index (χ1) is 9.28. The Hall–Kier alpha value is -0.182. The van der Waals surface area contributed by atoms with Crippen molar-refractivity contribution in [3.05, 3.63) is 47.6 Å². The summed E-state index contributed by atoms with van der Waals surface area (Å²) in [5.41, 5.74) is 0.846. The Morgan fingerprint density at radius 3 is 2.24 bits per heavy atom. The summed E-state index contributed by atoms with van der Waals surface area (Å²) in [5.74, 6) is -0.299. The van der Waals surface area contributed by atoms with Gasteiger partial charge in [-0.2, -0.15) is 6.42 Å². The van der Waals surface area contributed by atoms with Crippen LogP contribution in [0.25, 0.3) is 0 Å². The maximum absolute atomic E-state index is 10.9. The maximum Gasteiger partial charge on any atom is 2.00 e. The van der Waals surface area contributed by atoms with Gasteiger partial charge in [0.15, 0.2) is 0 Å². The number of ether oxygens (including phenoxy) is 1. The summed E-state index contributed by atoms with van der Waals surface area (Å²) < 4.78 is 6.08. The van der Waals surface area contributed by atoms with Crippen molar-refractivity contribution in [2.45, 2.75) is 39.2 Å². The van der Waals surface area contributed by atoms with E-state index in [9.17, 15) is 4.79 Å². The summed E-state index contributed by atoms with van der Waals surface area (Å²) >= 11 is 3.35. The smallest absolute Gasteiger partial charge is 0.462 e. The molecule has 1 rings (SSSR count). The third-order valence-electron chi connectivity index (χ3n) is 2.06. The number of halogens is 1. The van der Waals surface area contributed by atoms with Crippen LogP contribution in [0.3, 0.4) is 0 Å². The van der Waals surface area contributed by atoms with Crippen molar-refractivity contribution in [1.29, 1.82) is 0 Å². The number of rotatable bonds is 4. The molecule has 0 aliphatic rings. The molecule has 0 heterocycles. The van der Waals surface area contributed by atoms with Crippen LogP contribution in [0.1, 0.15) is 32.8 Å². The Morgan fingerprint density at radius 1 is 1.33 bits per heavy atom. The number of aliphatic hydroxyl groups excluding tert-OH is 1. The van der Waals surface area contributed by atoms with E-state index in [1.807, 2.05) is 32.9 Å². The molecule has 0 atom stereocenters. The topological polar surface area (TPSA) is 46.5 Å². The number of carbonyl (C=O) groups excluding carboxylic acids is 1. The summed E-state index contributed by atoms with van der Waals surface area (Å²) in [6.45, 7) is 9.11. The van der Waals surface area contributed by atoms with Gasteiger partial charge in [-0.15, -0.1) is 0 Å². The molecule has 1 aromatic carbocycles. The van der Waals surface area contributed by atoms with E-state index in [-0.39, 0.29) is 40.1 Å². The summed E-state index contributed by atoms with van der Waals surface area (Å²) in [6.07, 6.45) is 2.51. The van der Waals surface area contributed by atoms with Gasteiger partial charge in [0, 0.05) is 4.47 Å². The average Bonchev–Trinajstić information content (AvgIpc) is 2.36. The quantitative estimate of drug-likeness (QED) is 0.480.